The maximum absolute atomic E-state index is 13.1. The van der Waals surface area contributed by atoms with Gasteiger partial charge in [0, 0.05) is 12.2 Å². The Bertz CT molecular complexity index is 941. The van der Waals surface area contributed by atoms with Crippen LogP contribution in [0.3, 0.4) is 0 Å². The van der Waals surface area contributed by atoms with E-state index in [1.165, 1.54) is 13.2 Å². The zero-order chi connectivity index (χ0) is 22.1. The predicted octanol–water partition coefficient (Wildman–Crippen LogP) is 4.66. The van der Waals surface area contributed by atoms with Crippen molar-refractivity contribution in [2.75, 3.05) is 23.7 Å². The molecular weight excluding hydrogens is 404 g/mol. The van der Waals surface area contributed by atoms with Gasteiger partial charge in [-0.1, -0.05) is 19.8 Å². The molecule has 0 aliphatic heterocycles. The third kappa shape index (κ3) is 6.66. The molecule has 0 aliphatic carbocycles. The summed E-state index contributed by atoms with van der Waals surface area (Å²) < 4.78 is 39.1. The first-order chi connectivity index (χ1) is 14.3. The molecule has 2 N–H and O–H groups in total. The lowest BCUT2D eigenvalue weighted by Crippen LogP contribution is -2.18. The van der Waals surface area contributed by atoms with E-state index in [1.54, 1.807) is 50.2 Å². The van der Waals surface area contributed by atoms with Crippen LogP contribution in [0, 0.1) is 0 Å². The molecule has 0 heterocycles. The first kappa shape index (κ1) is 23.5. The number of unbranched alkanes of at least 4 members (excludes halogenated alkanes) is 2. The molecule has 0 unspecified atom stereocenters. The molecule has 0 atom stereocenters. The van der Waals surface area contributed by atoms with Gasteiger partial charge in [-0.15, -0.1) is 0 Å². The van der Waals surface area contributed by atoms with Crippen molar-refractivity contribution in [3.63, 3.8) is 0 Å². The van der Waals surface area contributed by atoms with Crippen LogP contribution >= 0.6 is 0 Å². The second kappa shape index (κ2) is 10.9. The number of hydrogen-bond donors (Lipinski definition) is 2. The summed E-state index contributed by atoms with van der Waals surface area (Å²) in [4.78, 5) is 12.3. The van der Waals surface area contributed by atoms with E-state index in [2.05, 4.69) is 17.0 Å². The molecule has 0 saturated heterocycles. The van der Waals surface area contributed by atoms with E-state index in [9.17, 15) is 13.2 Å². The molecule has 0 radical (unpaired) electrons. The van der Waals surface area contributed by atoms with Gasteiger partial charge in [0.15, 0.2) is 0 Å². The van der Waals surface area contributed by atoms with E-state index in [-0.39, 0.29) is 16.6 Å². The maximum atomic E-state index is 13.1. The number of rotatable bonds is 11. The molecule has 7 nitrogen and oxygen atoms in total. The summed E-state index contributed by atoms with van der Waals surface area (Å²) in [5.41, 5.74) is 1.01. The number of carbonyl (C=O) groups excluding carboxylic acids is 1. The highest BCUT2D eigenvalue weighted by atomic mass is 32.2. The van der Waals surface area contributed by atoms with Crippen molar-refractivity contribution in [1.29, 1.82) is 0 Å². The molecule has 0 aliphatic rings. The molecule has 8 heteroatoms. The van der Waals surface area contributed by atoms with Gasteiger partial charge in [-0.25, -0.2) is 13.2 Å². The van der Waals surface area contributed by atoms with Crippen LogP contribution in [0.4, 0.5) is 11.4 Å². The molecule has 0 aromatic heterocycles. The average Bonchev–Trinajstić information content (AvgIpc) is 2.71. The molecule has 0 amide bonds. The van der Waals surface area contributed by atoms with Crippen molar-refractivity contribution in [3.8, 4) is 5.75 Å². The van der Waals surface area contributed by atoms with Crippen LogP contribution in [0.15, 0.2) is 47.4 Å². The number of anilines is 2. The van der Waals surface area contributed by atoms with Crippen LogP contribution in [-0.4, -0.2) is 34.1 Å². The average molecular weight is 435 g/mol. The molecule has 2 aromatic rings. The number of carbonyl (C=O) groups is 1. The Labute approximate surface area is 178 Å². The maximum Gasteiger partial charge on any atom is 0.338 e. The monoisotopic (exact) mass is 434 g/mol. The van der Waals surface area contributed by atoms with Gasteiger partial charge in [-0.05, 0) is 62.7 Å². The Kier molecular flexibility index (Phi) is 8.53. The number of benzene rings is 2. The Balaban J connectivity index is 2.35. The van der Waals surface area contributed by atoms with Crippen molar-refractivity contribution in [1.82, 2.24) is 0 Å². The summed E-state index contributed by atoms with van der Waals surface area (Å²) in [5, 5.41) is 3.17. The van der Waals surface area contributed by atoms with E-state index in [0.717, 1.165) is 19.3 Å². The van der Waals surface area contributed by atoms with Gasteiger partial charge in [-0.2, -0.15) is 0 Å². The van der Waals surface area contributed by atoms with Gasteiger partial charge in [0.05, 0.1) is 24.5 Å². The lowest BCUT2D eigenvalue weighted by Gasteiger charge is -2.16. The summed E-state index contributed by atoms with van der Waals surface area (Å²) in [7, 11) is -2.41. The van der Waals surface area contributed by atoms with E-state index in [4.69, 9.17) is 9.47 Å². The molecule has 2 rings (SSSR count). The smallest absolute Gasteiger partial charge is 0.338 e. The Morgan fingerprint density at radius 3 is 2.37 bits per heavy atom. The summed E-state index contributed by atoms with van der Waals surface area (Å²) in [6, 6.07) is 11.1. The predicted molar refractivity (Wildman–Crippen MR) is 119 cm³/mol. The summed E-state index contributed by atoms with van der Waals surface area (Å²) in [5.74, 6) is 0.0538. The van der Waals surface area contributed by atoms with E-state index in [0.29, 0.717) is 23.7 Å². The van der Waals surface area contributed by atoms with Gasteiger partial charge in [-0.3, -0.25) is 4.72 Å². The molecular formula is C22H30N2O5S. The van der Waals surface area contributed by atoms with Crippen molar-refractivity contribution in [2.45, 2.75) is 51.0 Å². The normalized spacial score (nSPS) is 11.2. The number of nitrogens with one attached hydrogen (secondary N) is 2. The topological polar surface area (TPSA) is 93.7 Å². The van der Waals surface area contributed by atoms with Crippen LogP contribution in [0.25, 0.3) is 0 Å². The Morgan fingerprint density at radius 2 is 1.77 bits per heavy atom. The largest absolute Gasteiger partial charge is 0.497 e. The SMILES string of the molecule is CCCCCNc1ccc(C(=O)OC(C)C)cc1S(=O)(=O)Nc1ccc(OC)cc1. The highest BCUT2D eigenvalue weighted by molar-refractivity contribution is 7.92. The fraction of sp³-hybridized carbons (Fsp3) is 0.409. The first-order valence-corrected chi connectivity index (χ1v) is 11.5. The minimum atomic E-state index is -3.95. The van der Waals surface area contributed by atoms with Gasteiger partial charge in [0.2, 0.25) is 0 Å². The quantitative estimate of drug-likeness (QED) is 0.394. The lowest BCUT2D eigenvalue weighted by atomic mass is 10.2. The minimum Gasteiger partial charge on any atom is -0.497 e. The van der Waals surface area contributed by atoms with E-state index in [1.807, 2.05) is 0 Å². The van der Waals surface area contributed by atoms with Gasteiger partial charge in [0.1, 0.15) is 10.6 Å². The number of sulfonamides is 1. The molecule has 0 fully saturated rings. The zero-order valence-corrected chi connectivity index (χ0v) is 18.7. The highest BCUT2D eigenvalue weighted by Crippen LogP contribution is 2.27. The number of ether oxygens (including phenoxy) is 2. The molecule has 0 bridgehead atoms. The summed E-state index contributed by atoms with van der Waals surface area (Å²) in [6.07, 6.45) is 2.71. The van der Waals surface area contributed by atoms with E-state index >= 15 is 0 Å². The van der Waals surface area contributed by atoms with Gasteiger partial charge >= 0.3 is 5.97 Å². The van der Waals surface area contributed by atoms with Crippen molar-refractivity contribution < 1.29 is 22.7 Å². The van der Waals surface area contributed by atoms with E-state index < -0.39 is 16.0 Å². The lowest BCUT2D eigenvalue weighted by molar-refractivity contribution is 0.0377. The van der Waals surface area contributed by atoms with Crippen molar-refractivity contribution in [2.24, 2.45) is 0 Å². The number of esters is 1. The standard InChI is InChI=1S/C22H30N2O5S/c1-5-6-7-14-23-20-13-8-17(22(25)29-16(2)3)15-21(20)30(26,27)24-18-9-11-19(28-4)12-10-18/h8-13,15-16,23-24H,5-7,14H2,1-4H3. The van der Waals surface area contributed by atoms with Gasteiger partial charge in [0.25, 0.3) is 10.0 Å². The summed E-state index contributed by atoms with van der Waals surface area (Å²) >= 11 is 0. The first-order valence-electron chi connectivity index (χ1n) is 10.0. The molecule has 30 heavy (non-hydrogen) atoms. The third-order valence-electron chi connectivity index (χ3n) is 4.29. The molecule has 164 valence electrons. The summed E-state index contributed by atoms with van der Waals surface area (Å²) in [6.45, 7) is 6.22. The van der Waals surface area contributed by atoms with Crippen molar-refractivity contribution in [3.05, 3.63) is 48.0 Å². The van der Waals surface area contributed by atoms with Gasteiger partial charge < -0.3 is 14.8 Å². The zero-order valence-electron chi connectivity index (χ0n) is 17.9. The number of methoxy groups -OCH3 is 1. The van der Waals surface area contributed by atoms with Crippen LogP contribution < -0.4 is 14.8 Å². The third-order valence-corrected chi connectivity index (χ3v) is 5.71. The Morgan fingerprint density at radius 1 is 1.07 bits per heavy atom. The van der Waals surface area contributed by atoms with Crippen LogP contribution in [0.1, 0.15) is 50.4 Å². The number of hydrogen-bond acceptors (Lipinski definition) is 6. The Hall–Kier alpha value is -2.74. The van der Waals surface area contributed by atoms with Crippen LogP contribution in [0.5, 0.6) is 5.75 Å². The van der Waals surface area contributed by atoms with Crippen LogP contribution in [-0.2, 0) is 14.8 Å². The molecule has 0 spiro atoms. The fourth-order valence-electron chi connectivity index (χ4n) is 2.77. The molecule has 2 aromatic carbocycles. The second-order valence-electron chi connectivity index (χ2n) is 7.13. The van der Waals surface area contributed by atoms with Crippen molar-refractivity contribution >= 4 is 27.4 Å². The second-order valence-corrected chi connectivity index (χ2v) is 8.78. The highest BCUT2D eigenvalue weighted by Gasteiger charge is 2.22. The van der Waals surface area contributed by atoms with Crippen LogP contribution in [0.2, 0.25) is 0 Å². The minimum absolute atomic E-state index is 0.00646. The molecule has 0 saturated carbocycles. The fourth-order valence-corrected chi connectivity index (χ4v) is 4.04.